The third kappa shape index (κ3) is 5.23. The first-order valence-electron chi connectivity index (χ1n) is 7.16. The Hall–Kier alpha value is -1.73. The maximum atomic E-state index is 4.42. The van der Waals surface area contributed by atoms with Crippen molar-refractivity contribution in [3.63, 3.8) is 0 Å². The van der Waals surface area contributed by atoms with Crippen LogP contribution in [0.15, 0.2) is 28.9 Å². The van der Waals surface area contributed by atoms with Crippen molar-refractivity contribution in [2.24, 2.45) is 0 Å². The molecule has 118 valence electrons. The quantitative estimate of drug-likeness (QED) is 0.736. The van der Waals surface area contributed by atoms with Gasteiger partial charge in [0, 0.05) is 16.7 Å². The van der Waals surface area contributed by atoms with Crippen molar-refractivity contribution < 1.29 is 0 Å². The number of halogens is 1. The molecule has 0 fully saturated rings. The van der Waals surface area contributed by atoms with Gasteiger partial charge in [0.1, 0.15) is 0 Å². The van der Waals surface area contributed by atoms with E-state index in [2.05, 4.69) is 60.7 Å². The molecule has 0 saturated heterocycles. The second kappa shape index (κ2) is 8.05. The highest BCUT2D eigenvalue weighted by Crippen LogP contribution is 2.21. The van der Waals surface area contributed by atoms with E-state index in [1.54, 1.807) is 6.20 Å². The van der Waals surface area contributed by atoms with Crippen molar-refractivity contribution in [3.8, 4) is 0 Å². The number of hydrogen-bond donors (Lipinski definition) is 2. The number of benzene rings is 1. The van der Waals surface area contributed by atoms with E-state index in [9.17, 15) is 0 Å². The third-order valence-electron chi connectivity index (χ3n) is 3.06. The van der Waals surface area contributed by atoms with Crippen molar-refractivity contribution in [3.05, 3.63) is 34.4 Å². The minimum Gasteiger partial charge on any atom is -0.369 e. The molecule has 2 aromatic rings. The van der Waals surface area contributed by atoms with E-state index in [1.807, 2.05) is 25.1 Å². The molecular formula is C15H21BrN6. The van der Waals surface area contributed by atoms with Gasteiger partial charge in [0.25, 0.3) is 0 Å². The molecule has 7 heteroatoms. The standard InChI is InChI=1S/C15H21BrN6/c1-11-9-12(5-6-13(11)16)19-15-20-14(10-18-21-15)17-7-4-8-22(2)3/h5-6,9-10H,4,7-8H2,1-3H3,(H2,17,19,20,21). The molecule has 2 N–H and O–H groups in total. The summed E-state index contributed by atoms with van der Waals surface area (Å²) >= 11 is 3.49. The number of nitrogens with zero attached hydrogens (tertiary/aromatic N) is 4. The molecule has 0 saturated carbocycles. The average Bonchev–Trinajstić information content (AvgIpc) is 2.48. The van der Waals surface area contributed by atoms with Gasteiger partial charge in [-0.3, -0.25) is 0 Å². The van der Waals surface area contributed by atoms with Crippen LogP contribution in [0.1, 0.15) is 12.0 Å². The topological polar surface area (TPSA) is 66.0 Å². The van der Waals surface area contributed by atoms with Gasteiger partial charge in [0.2, 0.25) is 5.95 Å². The first kappa shape index (κ1) is 16.6. The van der Waals surface area contributed by atoms with Crippen molar-refractivity contribution in [1.82, 2.24) is 20.1 Å². The lowest BCUT2D eigenvalue weighted by atomic mass is 10.2. The molecule has 0 atom stereocenters. The second-order valence-electron chi connectivity index (χ2n) is 5.34. The fourth-order valence-corrected chi connectivity index (χ4v) is 2.15. The Balaban J connectivity index is 1.94. The van der Waals surface area contributed by atoms with Crippen LogP contribution in [-0.2, 0) is 0 Å². The normalized spacial score (nSPS) is 10.8. The largest absolute Gasteiger partial charge is 0.369 e. The molecule has 0 aliphatic rings. The van der Waals surface area contributed by atoms with Gasteiger partial charge in [0.15, 0.2) is 5.82 Å². The average molecular weight is 365 g/mol. The number of nitrogens with one attached hydrogen (secondary N) is 2. The van der Waals surface area contributed by atoms with Crippen LogP contribution in [0, 0.1) is 6.92 Å². The summed E-state index contributed by atoms with van der Waals surface area (Å²) in [4.78, 5) is 6.57. The zero-order valence-electron chi connectivity index (χ0n) is 13.1. The van der Waals surface area contributed by atoms with Crippen molar-refractivity contribution >= 4 is 33.4 Å². The van der Waals surface area contributed by atoms with Crippen molar-refractivity contribution in [1.29, 1.82) is 0 Å². The van der Waals surface area contributed by atoms with E-state index < -0.39 is 0 Å². The van der Waals surface area contributed by atoms with Crippen LogP contribution in [0.25, 0.3) is 0 Å². The zero-order valence-corrected chi connectivity index (χ0v) is 14.7. The molecule has 0 aliphatic carbocycles. The van der Waals surface area contributed by atoms with Gasteiger partial charge in [-0.15, -0.1) is 5.10 Å². The van der Waals surface area contributed by atoms with Crippen molar-refractivity contribution in [2.45, 2.75) is 13.3 Å². The van der Waals surface area contributed by atoms with E-state index in [0.717, 1.165) is 41.1 Å². The minimum atomic E-state index is 0.485. The predicted octanol–water partition coefficient (Wildman–Crippen LogP) is 3.05. The molecule has 0 aliphatic heterocycles. The molecule has 2 rings (SSSR count). The molecule has 0 bridgehead atoms. The number of anilines is 3. The Bertz CT molecular complexity index is 617. The maximum Gasteiger partial charge on any atom is 0.249 e. The fourth-order valence-electron chi connectivity index (χ4n) is 1.90. The lowest BCUT2D eigenvalue weighted by Crippen LogP contribution is -2.17. The number of aryl methyl sites for hydroxylation is 1. The first-order valence-corrected chi connectivity index (χ1v) is 7.95. The zero-order chi connectivity index (χ0) is 15.9. The summed E-state index contributed by atoms with van der Waals surface area (Å²) in [5, 5.41) is 14.4. The highest BCUT2D eigenvalue weighted by molar-refractivity contribution is 9.10. The molecule has 0 amide bonds. The van der Waals surface area contributed by atoms with Gasteiger partial charge in [-0.1, -0.05) is 15.9 Å². The fraction of sp³-hybridized carbons (Fsp3) is 0.400. The van der Waals surface area contributed by atoms with Gasteiger partial charge in [-0.2, -0.15) is 10.1 Å². The van der Waals surface area contributed by atoms with Crippen LogP contribution in [0.5, 0.6) is 0 Å². The van der Waals surface area contributed by atoms with Crippen LogP contribution >= 0.6 is 15.9 Å². The monoisotopic (exact) mass is 364 g/mol. The second-order valence-corrected chi connectivity index (χ2v) is 6.19. The summed E-state index contributed by atoms with van der Waals surface area (Å²) in [6, 6.07) is 6.00. The van der Waals surface area contributed by atoms with E-state index in [-0.39, 0.29) is 0 Å². The summed E-state index contributed by atoms with van der Waals surface area (Å²) < 4.78 is 1.08. The molecule has 1 aromatic heterocycles. The molecule has 0 radical (unpaired) electrons. The predicted molar refractivity (Wildman–Crippen MR) is 93.6 cm³/mol. The molecular weight excluding hydrogens is 344 g/mol. The van der Waals surface area contributed by atoms with Crippen LogP contribution in [-0.4, -0.2) is 47.3 Å². The number of hydrogen-bond acceptors (Lipinski definition) is 6. The molecule has 22 heavy (non-hydrogen) atoms. The molecule has 0 spiro atoms. The van der Waals surface area contributed by atoms with Crippen LogP contribution in [0.2, 0.25) is 0 Å². The van der Waals surface area contributed by atoms with E-state index in [1.165, 1.54) is 0 Å². The minimum absolute atomic E-state index is 0.485. The van der Waals surface area contributed by atoms with Crippen LogP contribution in [0.4, 0.5) is 17.5 Å². The summed E-state index contributed by atoms with van der Waals surface area (Å²) in [6.07, 6.45) is 2.68. The smallest absolute Gasteiger partial charge is 0.249 e. The van der Waals surface area contributed by atoms with Gasteiger partial charge < -0.3 is 15.5 Å². The van der Waals surface area contributed by atoms with Gasteiger partial charge in [-0.05, 0) is 57.7 Å². The summed E-state index contributed by atoms with van der Waals surface area (Å²) in [6.45, 7) is 3.93. The third-order valence-corrected chi connectivity index (χ3v) is 3.95. The highest BCUT2D eigenvalue weighted by Gasteiger charge is 2.03. The lowest BCUT2D eigenvalue weighted by molar-refractivity contribution is 0.405. The van der Waals surface area contributed by atoms with Crippen LogP contribution in [0.3, 0.4) is 0 Å². The van der Waals surface area contributed by atoms with Gasteiger partial charge >= 0.3 is 0 Å². The summed E-state index contributed by atoms with van der Waals surface area (Å²) in [7, 11) is 4.13. The summed E-state index contributed by atoms with van der Waals surface area (Å²) in [5.41, 5.74) is 2.09. The molecule has 1 heterocycles. The molecule has 1 aromatic carbocycles. The van der Waals surface area contributed by atoms with E-state index >= 15 is 0 Å². The number of rotatable bonds is 7. The Labute approximate surface area is 139 Å². The van der Waals surface area contributed by atoms with Gasteiger partial charge in [-0.25, -0.2) is 0 Å². The SMILES string of the molecule is Cc1cc(Nc2nncc(NCCCN(C)C)n2)ccc1Br. The Kier molecular flexibility index (Phi) is 6.09. The summed E-state index contributed by atoms with van der Waals surface area (Å²) in [5.74, 6) is 1.21. The van der Waals surface area contributed by atoms with E-state index in [0.29, 0.717) is 5.95 Å². The first-order chi connectivity index (χ1) is 10.5. The Morgan fingerprint density at radius 3 is 2.82 bits per heavy atom. The van der Waals surface area contributed by atoms with Gasteiger partial charge in [0.05, 0.1) is 6.20 Å². The maximum absolute atomic E-state index is 4.42. The molecule has 0 unspecified atom stereocenters. The van der Waals surface area contributed by atoms with E-state index in [4.69, 9.17) is 0 Å². The van der Waals surface area contributed by atoms with Crippen LogP contribution < -0.4 is 10.6 Å². The highest BCUT2D eigenvalue weighted by atomic mass is 79.9. The Morgan fingerprint density at radius 1 is 1.27 bits per heavy atom. The molecule has 6 nitrogen and oxygen atoms in total. The number of aromatic nitrogens is 3. The van der Waals surface area contributed by atoms with Crippen molar-refractivity contribution in [2.75, 3.05) is 37.8 Å². The lowest BCUT2D eigenvalue weighted by Gasteiger charge is -2.11. The Morgan fingerprint density at radius 2 is 2.09 bits per heavy atom.